The number of aliphatic hydroxyl groups excluding tert-OH is 3. The van der Waals surface area contributed by atoms with Gasteiger partial charge in [-0.1, -0.05) is 0 Å². The molecule has 0 aromatic carbocycles. The summed E-state index contributed by atoms with van der Waals surface area (Å²) in [7, 11) is 0. The molecule has 0 bridgehead atoms. The summed E-state index contributed by atoms with van der Waals surface area (Å²) in [5.41, 5.74) is 5.54. The molecule has 0 saturated heterocycles. The Morgan fingerprint density at radius 1 is 1.29 bits per heavy atom. The highest BCUT2D eigenvalue weighted by Gasteiger charge is 2.19. The van der Waals surface area contributed by atoms with Gasteiger partial charge in [0.05, 0.1) is 24.2 Å². The molecule has 0 aliphatic rings. The molecule has 78 valence electrons. The van der Waals surface area contributed by atoms with E-state index in [2.05, 4.69) is 9.97 Å². The third-order valence-corrected chi connectivity index (χ3v) is 1.78. The number of nitrogens with two attached hydrogens (primary N) is 1. The quantitative estimate of drug-likeness (QED) is 0.486. The second kappa shape index (κ2) is 4.85. The van der Waals surface area contributed by atoms with Crippen molar-refractivity contribution in [2.24, 2.45) is 0 Å². The second-order valence-electron chi connectivity index (χ2n) is 2.89. The first kappa shape index (κ1) is 10.8. The van der Waals surface area contributed by atoms with Gasteiger partial charge >= 0.3 is 0 Å². The fraction of sp³-hybridized carbons (Fsp3) is 0.500. The molecule has 6 nitrogen and oxygen atoms in total. The molecule has 2 unspecified atom stereocenters. The van der Waals surface area contributed by atoms with Crippen LogP contribution in [0.15, 0.2) is 12.4 Å². The third-order valence-electron chi connectivity index (χ3n) is 1.78. The number of anilines is 1. The largest absolute Gasteiger partial charge is 0.396 e. The molecule has 0 aliphatic carbocycles. The maximum Gasteiger partial charge on any atom is 0.141 e. The maximum absolute atomic E-state index is 9.51. The lowest BCUT2D eigenvalue weighted by Crippen LogP contribution is -2.20. The third kappa shape index (κ3) is 2.63. The first-order valence-corrected chi connectivity index (χ1v) is 4.19. The van der Waals surface area contributed by atoms with Crippen molar-refractivity contribution in [3.8, 4) is 0 Å². The van der Waals surface area contributed by atoms with Crippen LogP contribution < -0.4 is 5.73 Å². The summed E-state index contributed by atoms with van der Waals surface area (Å²) in [5.74, 6) is 0.248. The Hall–Kier alpha value is -1.24. The Balaban J connectivity index is 2.68. The Morgan fingerprint density at radius 3 is 2.50 bits per heavy atom. The summed E-state index contributed by atoms with van der Waals surface area (Å²) in [4.78, 5) is 7.53. The van der Waals surface area contributed by atoms with Gasteiger partial charge in [-0.05, 0) is 6.42 Å². The van der Waals surface area contributed by atoms with Gasteiger partial charge in [-0.2, -0.15) is 0 Å². The minimum Gasteiger partial charge on any atom is -0.396 e. The minimum atomic E-state index is -1.14. The van der Waals surface area contributed by atoms with Gasteiger partial charge in [0, 0.05) is 6.61 Å². The highest BCUT2D eigenvalue weighted by Crippen LogP contribution is 2.15. The van der Waals surface area contributed by atoms with Crippen LogP contribution in [0.5, 0.6) is 0 Å². The molecular formula is C8H13N3O3. The summed E-state index contributed by atoms with van der Waals surface area (Å²) < 4.78 is 0. The van der Waals surface area contributed by atoms with Crippen LogP contribution in [-0.4, -0.2) is 38.0 Å². The Labute approximate surface area is 81.1 Å². The average Bonchev–Trinajstić information content (AvgIpc) is 2.18. The molecule has 14 heavy (non-hydrogen) atoms. The lowest BCUT2D eigenvalue weighted by atomic mass is 10.1. The Kier molecular flexibility index (Phi) is 3.75. The van der Waals surface area contributed by atoms with Gasteiger partial charge in [0.2, 0.25) is 0 Å². The maximum atomic E-state index is 9.51. The average molecular weight is 199 g/mol. The van der Waals surface area contributed by atoms with Gasteiger partial charge in [-0.15, -0.1) is 0 Å². The predicted octanol–water partition coefficient (Wildman–Crippen LogP) is -1.16. The van der Waals surface area contributed by atoms with E-state index < -0.39 is 12.2 Å². The molecule has 6 heteroatoms. The zero-order valence-electron chi connectivity index (χ0n) is 7.54. The van der Waals surface area contributed by atoms with Crippen LogP contribution in [0.1, 0.15) is 18.2 Å². The highest BCUT2D eigenvalue weighted by atomic mass is 16.3. The van der Waals surface area contributed by atoms with Crippen LogP contribution in [0.2, 0.25) is 0 Å². The van der Waals surface area contributed by atoms with Gasteiger partial charge in [0.15, 0.2) is 0 Å². The van der Waals surface area contributed by atoms with E-state index in [-0.39, 0.29) is 24.5 Å². The van der Waals surface area contributed by atoms with E-state index in [9.17, 15) is 10.2 Å². The first-order chi connectivity index (χ1) is 6.65. The lowest BCUT2D eigenvalue weighted by Gasteiger charge is -2.15. The molecule has 5 N–H and O–H groups in total. The van der Waals surface area contributed by atoms with Crippen LogP contribution in [0.25, 0.3) is 0 Å². The van der Waals surface area contributed by atoms with Gasteiger partial charge in [0.25, 0.3) is 0 Å². The van der Waals surface area contributed by atoms with E-state index in [4.69, 9.17) is 10.8 Å². The van der Waals surface area contributed by atoms with E-state index in [1.54, 1.807) is 0 Å². The van der Waals surface area contributed by atoms with E-state index in [1.165, 1.54) is 12.4 Å². The molecule has 0 aliphatic heterocycles. The summed E-state index contributed by atoms with van der Waals surface area (Å²) >= 11 is 0. The van der Waals surface area contributed by atoms with Crippen LogP contribution >= 0.6 is 0 Å². The Morgan fingerprint density at radius 2 is 2.00 bits per heavy atom. The van der Waals surface area contributed by atoms with Crippen LogP contribution in [0.3, 0.4) is 0 Å². The molecule has 2 atom stereocenters. The second-order valence-corrected chi connectivity index (χ2v) is 2.89. The fourth-order valence-electron chi connectivity index (χ4n) is 0.988. The molecule has 0 saturated carbocycles. The molecule has 1 aromatic rings. The lowest BCUT2D eigenvalue weighted by molar-refractivity contribution is 0.00173. The monoisotopic (exact) mass is 199 g/mol. The Bertz CT molecular complexity index is 278. The molecule has 1 aromatic heterocycles. The molecule has 0 radical (unpaired) electrons. The van der Waals surface area contributed by atoms with Crippen molar-refractivity contribution in [1.82, 2.24) is 9.97 Å². The van der Waals surface area contributed by atoms with Crippen molar-refractivity contribution in [1.29, 1.82) is 0 Å². The van der Waals surface area contributed by atoms with Crippen molar-refractivity contribution < 1.29 is 15.3 Å². The molecular weight excluding hydrogens is 186 g/mol. The van der Waals surface area contributed by atoms with Crippen molar-refractivity contribution in [2.75, 3.05) is 12.3 Å². The normalized spacial score (nSPS) is 15.1. The summed E-state index contributed by atoms with van der Waals surface area (Å²) in [6.07, 6.45) is 0.492. The number of hydrogen-bond donors (Lipinski definition) is 4. The zero-order chi connectivity index (χ0) is 10.6. The molecule has 0 fully saturated rings. The number of rotatable bonds is 4. The number of nitrogen functional groups attached to an aromatic ring is 1. The topological polar surface area (TPSA) is 112 Å². The van der Waals surface area contributed by atoms with Gasteiger partial charge in [0.1, 0.15) is 11.9 Å². The SMILES string of the molecule is Nc1cnc(C(O)C(O)CCO)cn1. The van der Waals surface area contributed by atoms with E-state index in [0.717, 1.165) is 0 Å². The molecule has 1 rings (SSSR count). The van der Waals surface area contributed by atoms with E-state index in [0.29, 0.717) is 0 Å². The summed E-state index contributed by atoms with van der Waals surface area (Å²) in [6, 6.07) is 0. The van der Waals surface area contributed by atoms with Gasteiger partial charge < -0.3 is 21.1 Å². The number of aromatic nitrogens is 2. The number of nitrogens with zero attached hydrogens (tertiary/aromatic N) is 2. The number of hydrogen-bond acceptors (Lipinski definition) is 6. The molecule has 0 spiro atoms. The van der Waals surface area contributed by atoms with E-state index in [1.807, 2.05) is 0 Å². The minimum absolute atomic E-state index is 0.0905. The fourth-order valence-corrected chi connectivity index (χ4v) is 0.988. The molecule has 1 heterocycles. The summed E-state index contributed by atoms with van der Waals surface area (Å²) in [6.45, 7) is -0.194. The number of aliphatic hydroxyl groups is 3. The van der Waals surface area contributed by atoms with Crippen molar-refractivity contribution in [3.63, 3.8) is 0 Å². The summed E-state index contributed by atoms with van der Waals surface area (Å²) in [5, 5.41) is 27.4. The van der Waals surface area contributed by atoms with E-state index >= 15 is 0 Å². The zero-order valence-corrected chi connectivity index (χ0v) is 7.54. The predicted molar refractivity (Wildman–Crippen MR) is 49.1 cm³/mol. The van der Waals surface area contributed by atoms with Crippen molar-refractivity contribution >= 4 is 5.82 Å². The van der Waals surface area contributed by atoms with Crippen LogP contribution in [0, 0.1) is 0 Å². The van der Waals surface area contributed by atoms with Crippen LogP contribution in [0.4, 0.5) is 5.82 Å². The van der Waals surface area contributed by atoms with Crippen molar-refractivity contribution in [2.45, 2.75) is 18.6 Å². The smallest absolute Gasteiger partial charge is 0.141 e. The van der Waals surface area contributed by atoms with Crippen LogP contribution in [-0.2, 0) is 0 Å². The van der Waals surface area contributed by atoms with Crippen molar-refractivity contribution in [3.05, 3.63) is 18.1 Å². The standard InChI is InChI=1S/C8H13N3O3/c9-7-4-10-5(3-11-7)8(14)6(13)1-2-12/h3-4,6,8,12-14H,1-2H2,(H2,9,11). The highest BCUT2D eigenvalue weighted by molar-refractivity contribution is 5.23. The van der Waals surface area contributed by atoms with Gasteiger partial charge in [-0.25, -0.2) is 4.98 Å². The van der Waals surface area contributed by atoms with Gasteiger partial charge in [-0.3, -0.25) is 4.98 Å². The molecule has 0 amide bonds. The first-order valence-electron chi connectivity index (χ1n) is 4.19.